The van der Waals surface area contributed by atoms with E-state index in [4.69, 9.17) is 5.11 Å². The lowest BCUT2D eigenvalue weighted by atomic mass is 10.2. The number of aromatic carboxylic acids is 1. The van der Waals surface area contributed by atoms with E-state index in [1.54, 1.807) is 12.1 Å². The molecule has 2 aromatic rings. The summed E-state index contributed by atoms with van der Waals surface area (Å²) in [7, 11) is 0. The van der Waals surface area contributed by atoms with Crippen LogP contribution in [0.3, 0.4) is 0 Å². The maximum atomic E-state index is 10.6. The second kappa shape index (κ2) is 3.89. The number of rotatable bonds is 3. The number of carboxylic acid groups (broad SMARTS) is 1. The van der Waals surface area contributed by atoms with Crippen molar-refractivity contribution in [3.8, 4) is 0 Å². The number of anilines is 2. The molecule has 0 unspecified atom stereocenters. The van der Waals surface area contributed by atoms with Gasteiger partial charge in [-0.3, -0.25) is 9.51 Å². The number of H-pyrrole nitrogens is 1. The summed E-state index contributed by atoms with van der Waals surface area (Å²) in [4.78, 5) is 23.5. The van der Waals surface area contributed by atoms with Crippen LogP contribution in [-0.2, 0) is 0 Å². The zero-order valence-electron chi connectivity index (χ0n) is 7.93. The van der Waals surface area contributed by atoms with E-state index in [0.29, 0.717) is 5.69 Å². The van der Waals surface area contributed by atoms with E-state index >= 15 is 0 Å². The fourth-order valence-corrected chi connectivity index (χ4v) is 1.12. The molecule has 0 bridgehead atoms. The molecular weight excluding hydrogens is 214 g/mol. The standard InChI is InChI=1S/C9H7N3O4/c13-7(14)5-1-3-6(4-2-5)10-8-11-9(15)16-12-8/h1-4H,(H,13,14)(H2,10,11,12,15). The maximum Gasteiger partial charge on any atom is 0.440 e. The Labute approximate surface area is 88.7 Å². The van der Waals surface area contributed by atoms with E-state index < -0.39 is 11.7 Å². The van der Waals surface area contributed by atoms with Crippen LogP contribution in [0.25, 0.3) is 0 Å². The molecule has 1 heterocycles. The van der Waals surface area contributed by atoms with E-state index in [-0.39, 0.29) is 11.5 Å². The third-order valence-corrected chi connectivity index (χ3v) is 1.83. The van der Waals surface area contributed by atoms with Crippen LogP contribution >= 0.6 is 0 Å². The average Bonchev–Trinajstić information content (AvgIpc) is 2.65. The third kappa shape index (κ3) is 2.08. The highest BCUT2D eigenvalue weighted by molar-refractivity contribution is 5.88. The molecule has 16 heavy (non-hydrogen) atoms. The summed E-state index contributed by atoms with van der Waals surface area (Å²) in [6.45, 7) is 0. The van der Waals surface area contributed by atoms with E-state index in [2.05, 4.69) is 20.0 Å². The average molecular weight is 221 g/mol. The van der Waals surface area contributed by atoms with Gasteiger partial charge in [0.15, 0.2) is 0 Å². The highest BCUT2D eigenvalue weighted by atomic mass is 16.5. The summed E-state index contributed by atoms with van der Waals surface area (Å²) in [5.74, 6) is -1.50. The Balaban J connectivity index is 2.17. The Morgan fingerprint density at radius 2 is 2.06 bits per heavy atom. The molecule has 0 saturated heterocycles. The first-order chi connectivity index (χ1) is 7.65. The molecule has 0 amide bonds. The lowest BCUT2D eigenvalue weighted by molar-refractivity contribution is 0.0697. The van der Waals surface area contributed by atoms with Crippen molar-refractivity contribution in [3.05, 3.63) is 40.4 Å². The van der Waals surface area contributed by atoms with Gasteiger partial charge in [-0.1, -0.05) is 0 Å². The molecular formula is C9H7N3O4. The van der Waals surface area contributed by atoms with Gasteiger partial charge in [0.25, 0.3) is 0 Å². The number of aromatic nitrogens is 2. The first-order valence-electron chi connectivity index (χ1n) is 4.31. The Kier molecular flexibility index (Phi) is 2.42. The van der Waals surface area contributed by atoms with Crippen LogP contribution in [0, 0.1) is 0 Å². The van der Waals surface area contributed by atoms with Gasteiger partial charge < -0.3 is 10.4 Å². The van der Waals surface area contributed by atoms with E-state index in [9.17, 15) is 9.59 Å². The fraction of sp³-hybridized carbons (Fsp3) is 0. The molecule has 0 aliphatic rings. The second-order valence-electron chi connectivity index (χ2n) is 2.95. The minimum absolute atomic E-state index is 0.160. The summed E-state index contributed by atoms with van der Waals surface area (Å²) in [6, 6.07) is 5.97. The largest absolute Gasteiger partial charge is 0.478 e. The lowest BCUT2D eigenvalue weighted by Crippen LogP contribution is -1.99. The van der Waals surface area contributed by atoms with Crippen molar-refractivity contribution in [1.82, 2.24) is 10.1 Å². The predicted molar refractivity (Wildman–Crippen MR) is 53.8 cm³/mol. The molecule has 0 saturated carbocycles. The van der Waals surface area contributed by atoms with Crippen LogP contribution in [0.5, 0.6) is 0 Å². The number of carboxylic acids is 1. The molecule has 0 fully saturated rings. The van der Waals surface area contributed by atoms with E-state index in [1.807, 2.05) is 0 Å². The molecule has 2 rings (SSSR count). The number of nitrogens with zero attached hydrogens (tertiary/aromatic N) is 1. The molecule has 82 valence electrons. The van der Waals surface area contributed by atoms with E-state index in [1.165, 1.54) is 12.1 Å². The van der Waals surface area contributed by atoms with Gasteiger partial charge in [0.2, 0.25) is 5.95 Å². The highest BCUT2D eigenvalue weighted by Crippen LogP contribution is 2.12. The molecule has 1 aromatic carbocycles. The van der Waals surface area contributed by atoms with Crippen LogP contribution in [0.15, 0.2) is 33.6 Å². The summed E-state index contributed by atoms with van der Waals surface area (Å²) in [5.41, 5.74) is 0.772. The summed E-state index contributed by atoms with van der Waals surface area (Å²) >= 11 is 0. The van der Waals surface area contributed by atoms with Gasteiger partial charge in [0, 0.05) is 5.69 Å². The highest BCUT2D eigenvalue weighted by Gasteiger charge is 2.03. The number of aromatic amines is 1. The normalized spacial score (nSPS) is 10.0. The molecule has 7 heteroatoms. The Hall–Kier alpha value is -2.57. The van der Waals surface area contributed by atoms with Gasteiger partial charge in [-0.2, -0.15) is 0 Å². The third-order valence-electron chi connectivity index (χ3n) is 1.83. The minimum atomic E-state index is -0.999. The molecule has 0 aliphatic carbocycles. The molecule has 7 nitrogen and oxygen atoms in total. The number of carbonyl (C=O) groups is 1. The van der Waals surface area contributed by atoms with Crippen molar-refractivity contribution in [1.29, 1.82) is 0 Å². The lowest BCUT2D eigenvalue weighted by Gasteiger charge is -2.01. The van der Waals surface area contributed by atoms with Crippen molar-refractivity contribution in [3.63, 3.8) is 0 Å². The van der Waals surface area contributed by atoms with Gasteiger partial charge in [-0.15, -0.1) is 0 Å². The number of benzene rings is 1. The molecule has 0 atom stereocenters. The van der Waals surface area contributed by atoms with Crippen LogP contribution < -0.4 is 11.1 Å². The Morgan fingerprint density at radius 1 is 1.38 bits per heavy atom. The minimum Gasteiger partial charge on any atom is -0.478 e. The quantitative estimate of drug-likeness (QED) is 0.707. The van der Waals surface area contributed by atoms with Crippen LogP contribution in [-0.4, -0.2) is 21.2 Å². The van der Waals surface area contributed by atoms with Gasteiger partial charge in [-0.25, -0.2) is 9.59 Å². The molecule has 0 aliphatic heterocycles. The maximum absolute atomic E-state index is 10.6. The van der Waals surface area contributed by atoms with Gasteiger partial charge in [0.05, 0.1) is 5.56 Å². The smallest absolute Gasteiger partial charge is 0.440 e. The number of nitrogens with one attached hydrogen (secondary N) is 2. The summed E-state index contributed by atoms with van der Waals surface area (Å²) in [5, 5.41) is 14.8. The van der Waals surface area contributed by atoms with Crippen molar-refractivity contribution < 1.29 is 14.4 Å². The van der Waals surface area contributed by atoms with E-state index in [0.717, 1.165) is 0 Å². The van der Waals surface area contributed by atoms with Crippen LogP contribution in [0.4, 0.5) is 11.6 Å². The molecule has 0 spiro atoms. The van der Waals surface area contributed by atoms with Crippen molar-refractivity contribution in [2.75, 3.05) is 5.32 Å². The molecule has 1 aromatic heterocycles. The fourth-order valence-electron chi connectivity index (χ4n) is 1.12. The van der Waals surface area contributed by atoms with Crippen molar-refractivity contribution >= 4 is 17.6 Å². The molecule has 0 radical (unpaired) electrons. The zero-order chi connectivity index (χ0) is 11.5. The SMILES string of the molecule is O=C(O)c1ccc(Nc2noc(=O)[nH]2)cc1. The van der Waals surface area contributed by atoms with Crippen molar-refractivity contribution in [2.45, 2.75) is 0 Å². The van der Waals surface area contributed by atoms with Crippen molar-refractivity contribution in [2.24, 2.45) is 0 Å². The van der Waals surface area contributed by atoms with Gasteiger partial charge in [-0.05, 0) is 29.4 Å². The monoisotopic (exact) mass is 221 g/mol. The topological polar surface area (TPSA) is 108 Å². The van der Waals surface area contributed by atoms with Gasteiger partial charge in [0.1, 0.15) is 0 Å². The zero-order valence-corrected chi connectivity index (χ0v) is 7.93. The second-order valence-corrected chi connectivity index (χ2v) is 2.95. The number of hydrogen-bond donors (Lipinski definition) is 3. The van der Waals surface area contributed by atoms with Gasteiger partial charge >= 0.3 is 11.7 Å². The predicted octanol–water partition coefficient (Wildman–Crippen LogP) is 0.805. The molecule has 3 N–H and O–H groups in total. The first kappa shape index (κ1) is 9.97. The van der Waals surface area contributed by atoms with Crippen LogP contribution in [0.2, 0.25) is 0 Å². The number of hydrogen-bond acceptors (Lipinski definition) is 5. The Bertz CT molecular complexity index is 555. The first-order valence-corrected chi connectivity index (χ1v) is 4.31. The summed E-state index contributed by atoms with van der Waals surface area (Å²) in [6.07, 6.45) is 0. The Morgan fingerprint density at radius 3 is 2.56 bits per heavy atom. The summed E-state index contributed by atoms with van der Waals surface area (Å²) < 4.78 is 4.28. The van der Waals surface area contributed by atoms with Crippen LogP contribution in [0.1, 0.15) is 10.4 Å².